The Morgan fingerprint density at radius 1 is 1.53 bits per heavy atom. The lowest BCUT2D eigenvalue weighted by Crippen LogP contribution is -2.31. The Bertz CT molecular complexity index is 395. The SMILES string of the molecule is CCNCc1ccc(Br)cc1N(C)CC(N)=O. The lowest BCUT2D eigenvalue weighted by Gasteiger charge is -2.21. The number of nitrogens with one attached hydrogen (secondary N) is 1. The highest BCUT2D eigenvalue weighted by Crippen LogP contribution is 2.24. The molecular weight excluding hydrogens is 282 g/mol. The van der Waals surface area contributed by atoms with Crippen molar-refractivity contribution in [2.75, 3.05) is 25.0 Å². The Hall–Kier alpha value is -1.07. The third kappa shape index (κ3) is 4.36. The number of carbonyl (C=O) groups is 1. The normalized spacial score (nSPS) is 10.3. The molecule has 0 radical (unpaired) electrons. The smallest absolute Gasteiger partial charge is 0.236 e. The highest BCUT2D eigenvalue weighted by atomic mass is 79.9. The van der Waals surface area contributed by atoms with Gasteiger partial charge in [-0.2, -0.15) is 0 Å². The van der Waals surface area contributed by atoms with E-state index in [1.165, 1.54) is 0 Å². The van der Waals surface area contributed by atoms with Crippen LogP contribution in [0.25, 0.3) is 0 Å². The molecule has 1 rings (SSSR count). The number of benzene rings is 1. The first-order valence-corrected chi connectivity index (χ1v) is 6.32. The van der Waals surface area contributed by atoms with Gasteiger partial charge in [-0.15, -0.1) is 0 Å². The fourth-order valence-corrected chi connectivity index (χ4v) is 1.97. The first-order valence-electron chi connectivity index (χ1n) is 5.53. The summed E-state index contributed by atoms with van der Waals surface area (Å²) in [4.78, 5) is 12.8. The summed E-state index contributed by atoms with van der Waals surface area (Å²) in [5, 5.41) is 3.27. The van der Waals surface area contributed by atoms with Crippen LogP contribution in [0.4, 0.5) is 5.69 Å². The minimum atomic E-state index is -0.332. The average Bonchev–Trinajstić information content (AvgIpc) is 2.26. The molecule has 4 nitrogen and oxygen atoms in total. The van der Waals surface area contributed by atoms with Crippen molar-refractivity contribution in [1.29, 1.82) is 0 Å². The fraction of sp³-hybridized carbons (Fsp3) is 0.417. The van der Waals surface area contributed by atoms with Crippen molar-refractivity contribution in [3.63, 3.8) is 0 Å². The number of carbonyl (C=O) groups excluding carboxylic acids is 1. The van der Waals surface area contributed by atoms with Crippen LogP contribution in [0.2, 0.25) is 0 Å². The second-order valence-corrected chi connectivity index (χ2v) is 4.79. The second kappa shape index (κ2) is 6.61. The van der Waals surface area contributed by atoms with Gasteiger partial charge in [0, 0.05) is 23.8 Å². The number of rotatable bonds is 6. The van der Waals surface area contributed by atoms with E-state index >= 15 is 0 Å². The summed E-state index contributed by atoms with van der Waals surface area (Å²) in [6.45, 7) is 3.97. The zero-order valence-electron chi connectivity index (χ0n) is 10.2. The largest absolute Gasteiger partial charge is 0.368 e. The van der Waals surface area contributed by atoms with Crippen molar-refractivity contribution in [2.45, 2.75) is 13.5 Å². The molecule has 0 bridgehead atoms. The van der Waals surface area contributed by atoms with E-state index in [0.29, 0.717) is 0 Å². The minimum Gasteiger partial charge on any atom is -0.368 e. The van der Waals surface area contributed by atoms with Gasteiger partial charge in [0.1, 0.15) is 0 Å². The Morgan fingerprint density at radius 3 is 2.82 bits per heavy atom. The van der Waals surface area contributed by atoms with Gasteiger partial charge < -0.3 is 16.0 Å². The number of hydrogen-bond donors (Lipinski definition) is 2. The Labute approximate surface area is 110 Å². The number of anilines is 1. The Morgan fingerprint density at radius 2 is 2.24 bits per heavy atom. The maximum Gasteiger partial charge on any atom is 0.236 e. The summed E-state index contributed by atoms with van der Waals surface area (Å²) in [7, 11) is 1.86. The first kappa shape index (κ1) is 14.0. The van der Waals surface area contributed by atoms with Crippen molar-refractivity contribution < 1.29 is 4.79 Å². The molecule has 1 amide bonds. The van der Waals surface area contributed by atoms with E-state index in [-0.39, 0.29) is 12.5 Å². The molecule has 0 aliphatic rings. The number of likely N-dealkylation sites (N-methyl/N-ethyl adjacent to an activating group) is 1. The van der Waals surface area contributed by atoms with Gasteiger partial charge in [0.05, 0.1) is 6.54 Å². The minimum absolute atomic E-state index is 0.218. The maximum absolute atomic E-state index is 10.9. The van der Waals surface area contributed by atoms with Gasteiger partial charge >= 0.3 is 0 Å². The molecule has 94 valence electrons. The van der Waals surface area contributed by atoms with E-state index in [4.69, 9.17) is 5.73 Å². The monoisotopic (exact) mass is 299 g/mol. The number of primary amides is 1. The van der Waals surface area contributed by atoms with Crippen LogP contribution in [0, 0.1) is 0 Å². The van der Waals surface area contributed by atoms with Crippen molar-refractivity contribution in [2.24, 2.45) is 5.73 Å². The van der Waals surface area contributed by atoms with E-state index in [2.05, 4.69) is 28.2 Å². The summed E-state index contributed by atoms with van der Waals surface area (Å²) >= 11 is 3.44. The molecule has 1 aromatic carbocycles. The topological polar surface area (TPSA) is 58.4 Å². The Balaban J connectivity index is 2.93. The molecule has 3 N–H and O–H groups in total. The molecule has 5 heteroatoms. The van der Waals surface area contributed by atoms with E-state index in [0.717, 1.165) is 28.8 Å². The molecule has 0 aliphatic carbocycles. The van der Waals surface area contributed by atoms with Gasteiger partial charge in [-0.3, -0.25) is 4.79 Å². The van der Waals surface area contributed by atoms with Gasteiger partial charge in [0.25, 0.3) is 0 Å². The number of hydrogen-bond acceptors (Lipinski definition) is 3. The van der Waals surface area contributed by atoms with Gasteiger partial charge in [0.15, 0.2) is 0 Å². The molecule has 0 heterocycles. The van der Waals surface area contributed by atoms with E-state index < -0.39 is 0 Å². The van der Waals surface area contributed by atoms with Crippen molar-refractivity contribution in [3.8, 4) is 0 Å². The molecule has 0 aromatic heterocycles. The third-order valence-electron chi connectivity index (χ3n) is 2.42. The molecule has 0 fully saturated rings. The predicted octanol–water partition coefficient (Wildman–Crippen LogP) is 1.48. The lowest BCUT2D eigenvalue weighted by molar-refractivity contribution is -0.116. The predicted molar refractivity (Wildman–Crippen MR) is 74.0 cm³/mol. The summed E-state index contributed by atoms with van der Waals surface area (Å²) in [6, 6.07) is 6.03. The fourth-order valence-electron chi connectivity index (χ4n) is 1.62. The number of nitrogens with two attached hydrogens (primary N) is 1. The van der Waals surface area contributed by atoms with Crippen LogP contribution in [0.1, 0.15) is 12.5 Å². The van der Waals surface area contributed by atoms with E-state index in [9.17, 15) is 4.79 Å². The average molecular weight is 300 g/mol. The number of amides is 1. The highest BCUT2D eigenvalue weighted by Gasteiger charge is 2.09. The molecule has 0 unspecified atom stereocenters. The van der Waals surface area contributed by atoms with E-state index in [1.807, 2.05) is 30.1 Å². The molecule has 0 atom stereocenters. The summed E-state index contributed by atoms with van der Waals surface area (Å²) < 4.78 is 0.990. The summed E-state index contributed by atoms with van der Waals surface area (Å²) in [6.07, 6.45) is 0. The standard InChI is InChI=1S/C12H18BrN3O/c1-3-15-7-9-4-5-10(13)6-11(9)16(2)8-12(14)17/h4-6,15H,3,7-8H2,1-2H3,(H2,14,17). The number of nitrogens with zero attached hydrogens (tertiary/aromatic N) is 1. The summed E-state index contributed by atoms with van der Waals surface area (Å²) in [5.41, 5.74) is 7.38. The molecular formula is C12H18BrN3O. The van der Waals surface area contributed by atoms with Gasteiger partial charge in [0.2, 0.25) is 5.91 Å². The van der Waals surface area contributed by atoms with Crippen molar-refractivity contribution in [1.82, 2.24) is 5.32 Å². The zero-order valence-corrected chi connectivity index (χ0v) is 11.8. The Kier molecular flexibility index (Phi) is 5.44. The van der Waals surface area contributed by atoms with Crippen LogP contribution < -0.4 is 16.0 Å². The molecule has 1 aromatic rings. The van der Waals surface area contributed by atoms with E-state index in [1.54, 1.807) is 0 Å². The van der Waals surface area contributed by atoms with Crippen LogP contribution in [0.3, 0.4) is 0 Å². The van der Waals surface area contributed by atoms with Crippen molar-refractivity contribution >= 4 is 27.5 Å². The number of halogens is 1. The van der Waals surface area contributed by atoms with Gasteiger partial charge in [-0.05, 0) is 24.2 Å². The highest BCUT2D eigenvalue weighted by molar-refractivity contribution is 9.10. The first-order chi connectivity index (χ1) is 8.04. The molecule has 0 saturated heterocycles. The zero-order chi connectivity index (χ0) is 12.8. The van der Waals surface area contributed by atoms with Gasteiger partial charge in [-0.1, -0.05) is 28.9 Å². The second-order valence-electron chi connectivity index (χ2n) is 3.88. The van der Waals surface area contributed by atoms with Crippen LogP contribution >= 0.6 is 15.9 Å². The quantitative estimate of drug-likeness (QED) is 0.836. The van der Waals surface area contributed by atoms with Crippen LogP contribution in [0.15, 0.2) is 22.7 Å². The molecule has 17 heavy (non-hydrogen) atoms. The molecule has 0 spiro atoms. The summed E-state index contributed by atoms with van der Waals surface area (Å²) in [5.74, 6) is -0.332. The molecule has 0 aliphatic heterocycles. The van der Waals surface area contributed by atoms with Crippen LogP contribution in [-0.2, 0) is 11.3 Å². The van der Waals surface area contributed by atoms with Crippen LogP contribution in [0.5, 0.6) is 0 Å². The molecule has 0 saturated carbocycles. The van der Waals surface area contributed by atoms with Gasteiger partial charge in [-0.25, -0.2) is 0 Å². The van der Waals surface area contributed by atoms with Crippen molar-refractivity contribution in [3.05, 3.63) is 28.2 Å². The maximum atomic E-state index is 10.9. The third-order valence-corrected chi connectivity index (χ3v) is 2.91. The van der Waals surface area contributed by atoms with Crippen LogP contribution in [-0.4, -0.2) is 26.0 Å². The lowest BCUT2D eigenvalue weighted by atomic mass is 10.1.